The van der Waals surface area contributed by atoms with Gasteiger partial charge in [-0.2, -0.15) is 18.4 Å². The summed E-state index contributed by atoms with van der Waals surface area (Å²) in [5, 5.41) is 9.64. The minimum atomic E-state index is -4.53. The Morgan fingerprint density at radius 2 is 1.76 bits per heavy atom. The molecule has 1 amide bonds. The highest BCUT2D eigenvalue weighted by Gasteiger charge is 2.44. The number of carbonyl (C=O) groups is 1. The summed E-state index contributed by atoms with van der Waals surface area (Å²) in [4.78, 5) is 13.6. The van der Waals surface area contributed by atoms with Crippen molar-refractivity contribution < 1.29 is 22.7 Å². The lowest BCUT2D eigenvalue weighted by Gasteiger charge is -2.39. The van der Waals surface area contributed by atoms with Crippen molar-refractivity contribution in [3.8, 4) is 6.07 Å². The van der Waals surface area contributed by atoms with Gasteiger partial charge in [-0.25, -0.2) is 4.79 Å². The van der Waals surface area contributed by atoms with Gasteiger partial charge in [-0.3, -0.25) is 0 Å². The molecule has 1 heterocycles. The van der Waals surface area contributed by atoms with Gasteiger partial charge >= 0.3 is 12.3 Å². The molecule has 25 heavy (non-hydrogen) atoms. The SMILES string of the molecule is CC(C)(C)OC(=O)N1CCC(C#N)(c2ccccc2C(F)(F)F)CC1. The van der Waals surface area contributed by atoms with Crippen molar-refractivity contribution in [1.82, 2.24) is 4.90 Å². The first kappa shape index (κ1) is 19.1. The third kappa shape index (κ3) is 4.25. The minimum absolute atomic E-state index is 0.0196. The number of ether oxygens (including phenoxy) is 1. The Balaban J connectivity index is 2.24. The van der Waals surface area contributed by atoms with E-state index < -0.39 is 28.8 Å². The van der Waals surface area contributed by atoms with Crippen molar-refractivity contribution in [1.29, 1.82) is 5.26 Å². The van der Waals surface area contributed by atoms with E-state index in [0.717, 1.165) is 6.07 Å². The van der Waals surface area contributed by atoms with Crippen LogP contribution in [0.4, 0.5) is 18.0 Å². The van der Waals surface area contributed by atoms with E-state index in [2.05, 4.69) is 6.07 Å². The van der Waals surface area contributed by atoms with Gasteiger partial charge in [0, 0.05) is 13.1 Å². The van der Waals surface area contributed by atoms with Crippen molar-refractivity contribution in [3.05, 3.63) is 35.4 Å². The van der Waals surface area contributed by atoms with Crippen molar-refractivity contribution >= 4 is 6.09 Å². The maximum Gasteiger partial charge on any atom is 0.416 e. The molecular formula is C18H21F3N2O2. The Labute approximate surface area is 145 Å². The third-order valence-corrected chi connectivity index (χ3v) is 4.23. The Morgan fingerprint density at radius 3 is 2.24 bits per heavy atom. The Morgan fingerprint density at radius 1 is 1.20 bits per heavy atom. The van der Waals surface area contributed by atoms with Crippen LogP contribution in [0.15, 0.2) is 24.3 Å². The zero-order valence-electron chi connectivity index (χ0n) is 14.5. The molecule has 7 heteroatoms. The normalized spacial score (nSPS) is 17.7. The zero-order valence-corrected chi connectivity index (χ0v) is 14.5. The van der Waals surface area contributed by atoms with Gasteiger partial charge in [-0.05, 0) is 45.2 Å². The molecule has 0 radical (unpaired) electrons. The van der Waals surface area contributed by atoms with Crippen molar-refractivity contribution in [2.75, 3.05) is 13.1 Å². The molecule has 4 nitrogen and oxygen atoms in total. The number of piperidine rings is 1. The van der Waals surface area contributed by atoms with Crippen molar-refractivity contribution in [2.24, 2.45) is 0 Å². The molecule has 0 saturated carbocycles. The summed E-state index contributed by atoms with van der Waals surface area (Å²) in [6.45, 7) is 5.58. The lowest BCUT2D eigenvalue weighted by atomic mass is 9.72. The summed E-state index contributed by atoms with van der Waals surface area (Å²) in [5.41, 5.74) is -2.72. The topological polar surface area (TPSA) is 53.3 Å². The minimum Gasteiger partial charge on any atom is -0.444 e. The number of amides is 1. The van der Waals surface area contributed by atoms with Gasteiger partial charge in [0.1, 0.15) is 5.60 Å². The third-order valence-electron chi connectivity index (χ3n) is 4.23. The van der Waals surface area contributed by atoms with E-state index in [1.54, 1.807) is 20.8 Å². The number of hydrogen-bond donors (Lipinski definition) is 0. The molecule has 0 bridgehead atoms. The molecule has 1 aromatic rings. The number of benzene rings is 1. The maximum atomic E-state index is 13.3. The molecule has 0 N–H and O–H groups in total. The van der Waals surface area contributed by atoms with E-state index in [4.69, 9.17) is 4.74 Å². The summed E-state index contributed by atoms with van der Waals surface area (Å²) in [6.07, 6.45) is -4.77. The predicted octanol–water partition coefficient (Wildman–Crippen LogP) is 4.50. The molecule has 136 valence electrons. The highest BCUT2D eigenvalue weighted by atomic mass is 19.4. The Hall–Kier alpha value is -2.23. The highest BCUT2D eigenvalue weighted by Crippen LogP contribution is 2.42. The van der Waals surface area contributed by atoms with Gasteiger partial charge in [-0.15, -0.1) is 0 Å². The molecule has 1 aliphatic rings. The smallest absolute Gasteiger partial charge is 0.416 e. The van der Waals surface area contributed by atoms with Crippen LogP contribution in [0, 0.1) is 11.3 Å². The average Bonchev–Trinajstić information content (AvgIpc) is 2.52. The van der Waals surface area contributed by atoms with Crippen molar-refractivity contribution in [3.63, 3.8) is 0 Å². The van der Waals surface area contributed by atoms with Crippen LogP contribution in [-0.2, 0) is 16.3 Å². The lowest BCUT2D eigenvalue weighted by molar-refractivity contribution is -0.138. The summed E-state index contributed by atoms with van der Waals surface area (Å²) in [7, 11) is 0. The number of likely N-dealkylation sites (tertiary alicyclic amines) is 1. The molecular weight excluding hydrogens is 333 g/mol. The number of alkyl halides is 3. The molecule has 0 aliphatic carbocycles. The van der Waals surface area contributed by atoms with Gasteiger partial charge in [-0.1, -0.05) is 18.2 Å². The quantitative estimate of drug-likeness (QED) is 0.746. The predicted molar refractivity (Wildman–Crippen MR) is 85.8 cm³/mol. The first-order valence-corrected chi connectivity index (χ1v) is 8.04. The van der Waals surface area contributed by atoms with Crippen LogP contribution in [0.5, 0.6) is 0 Å². The van der Waals surface area contributed by atoms with Crippen LogP contribution in [0.2, 0.25) is 0 Å². The molecule has 1 aliphatic heterocycles. The van der Waals surface area contributed by atoms with E-state index >= 15 is 0 Å². The number of hydrogen-bond acceptors (Lipinski definition) is 3. The van der Waals surface area contributed by atoms with E-state index in [9.17, 15) is 23.2 Å². The van der Waals surface area contributed by atoms with Gasteiger partial charge in [0.25, 0.3) is 0 Å². The molecule has 2 rings (SSSR count). The second-order valence-corrected chi connectivity index (χ2v) is 7.20. The summed E-state index contributed by atoms with van der Waals surface area (Å²) < 4.78 is 45.2. The standard InChI is InChI=1S/C18H21F3N2O2/c1-16(2,3)25-15(24)23-10-8-17(12-22,9-11-23)13-6-4-5-7-14(13)18(19,20)21/h4-7H,8-11H2,1-3H3. The number of carbonyl (C=O) groups excluding carboxylic acids is 1. The zero-order chi connectivity index (χ0) is 18.9. The van der Waals surface area contributed by atoms with E-state index in [1.165, 1.54) is 23.1 Å². The van der Waals surface area contributed by atoms with Crippen LogP contribution in [0.25, 0.3) is 0 Å². The molecule has 1 aromatic carbocycles. The first-order valence-electron chi connectivity index (χ1n) is 8.04. The fourth-order valence-corrected chi connectivity index (χ4v) is 2.99. The molecule has 0 spiro atoms. The van der Waals surface area contributed by atoms with Gasteiger partial charge in [0.05, 0.1) is 17.0 Å². The van der Waals surface area contributed by atoms with Gasteiger partial charge in [0.2, 0.25) is 0 Å². The van der Waals surface area contributed by atoms with Crippen LogP contribution in [0.1, 0.15) is 44.7 Å². The molecule has 1 saturated heterocycles. The largest absolute Gasteiger partial charge is 0.444 e. The Kier molecular flexibility index (Phi) is 5.03. The molecule has 0 aromatic heterocycles. The van der Waals surface area contributed by atoms with Gasteiger partial charge in [0.15, 0.2) is 0 Å². The van der Waals surface area contributed by atoms with Crippen LogP contribution in [-0.4, -0.2) is 29.7 Å². The molecule has 0 unspecified atom stereocenters. The van der Waals surface area contributed by atoms with Crippen molar-refractivity contribution in [2.45, 2.75) is 50.8 Å². The second-order valence-electron chi connectivity index (χ2n) is 7.20. The number of nitrogens with zero attached hydrogens (tertiary/aromatic N) is 2. The monoisotopic (exact) mass is 354 g/mol. The number of halogens is 3. The fourth-order valence-electron chi connectivity index (χ4n) is 2.99. The first-order chi connectivity index (χ1) is 11.5. The Bertz CT molecular complexity index is 679. The fraction of sp³-hybridized carbons (Fsp3) is 0.556. The van der Waals surface area contributed by atoms with Crippen LogP contribution in [0.3, 0.4) is 0 Å². The van der Waals surface area contributed by atoms with Crippen LogP contribution >= 0.6 is 0 Å². The lowest BCUT2D eigenvalue weighted by Crippen LogP contribution is -2.46. The highest BCUT2D eigenvalue weighted by molar-refractivity contribution is 5.68. The van der Waals surface area contributed by atoms with E-state index in [0.29, 0.717) is 0 Å². The second kappa shape index (κ2) is 6.58. The van der Waals surface area contributed by atoms with E-state index in [1.807, 2.05) is 0 Å². The molecule has 0 atom stereocenters. The van der Waals surface area contributed by atoms with Crippen LogP contribution < -0.4 is 0 Å². The summed E-state index contributed by atoms with van der Waals surface area (Å²) in [5.74, 6) is 0. The molecule has 1 fully saturated rings. The van der Waals surface area contributed by atoms with Gasteiger partial charge < -0.3 is 9.64 Å². The average molecular weight is 354 g/mol. The maximum absolute atomic E-state index is 13.3. The summed E-state index contributed by atoms with van der Waals surface area (Å²) >= 11 is 0. The van der Waals surface area contributed by atoms with E-state index in [-0.39, 0.29) is 31.5 Å². The number of nitriles is 1. The summed E-state index contributed by atoms with van der Waals surface area (Å²) in [6, 6.07) is 7.24. The number of rotatable bonds is 1.